The Morgan fingerprint density at radius 3 is 2.31 bits per heavy atom. The zero-order valence-electron chi connectivity index (χ0n) is 19.4. The van der Waals surface area contributed by atoms with Gasteiger partial charge in [0.1, 0.15) is 5.75 Å². The fourth-order valence-electron chi connectivity index (χ4n) is 4.77. The highest BCUT2D eigenvalue weighted by atomic mass is 16.5. The summed E-state index contributed by atoms with van der Waals surface area (Å²) < 4.78 is 16.4. The van der Waals surface area contributed by atoms with E-state index in [0.29, 0.717) is 25.5 Å². The van der Waals surface area contributed by atoms with E-state index < -0.39 is 0 Å². The molecule has 1 N–H and O–H groups in total. The van der Waals surface area contributed by atoms with Crippen LogP contribution in [0, 0.1) is 0 Å². The molecule has 1 aliphatic heterocycles. The highest BCUT2D eigenvalue weighted by Crippen LogP contribution is 2.37. The number of ether oxygens (including phenoxy) is 3. The van der Waals surface area contributed by atoms with Crippen molar-refractivity contribution in [1.29, 1.82) is 0 Å². The van der Waals surface area contributed by atoms with Crippen molar-refractivity contribution in [1.82, 2.24) is 10.2 Å². The second kappa shape index (κ2) is 10.3. The Labute approximate surface area is 190 Å². The summed E-state index contributed by atoms with van der Waals surface area (Å²) in [7, 11) is 3.31. The molecule has 1 unspecified atom stereocenters. The topological polar surface area (TPSA) is 60.0 Å². The summed E-state index contributed by atoms with van der Waals surface area (Å²) in [5.41, 5.74) is 5.28. The molecule has 1 heterocycles. The number of carbonyl (C=O) groups excluding carboxylic acids is 1. The van der Waals surface area contributed by atoms with E-state index in [2.05, 4.69) is 35.6 Å². The van der Waals surface area contributed by atoms with Gasteiger partial charge in [-0.1, -0.05) is 6.07 Å². The molecule has 0 spiro atoms. The maximum Gasteiger partial charge on any atom is 0.223 e. The number of hydrogen-bond acceptors (Lipinski definition) is 5. The van der Waals surface area contributed by atoms with E-state index in [9.17, 15) is 4.79 Å². The minimum absolute atomic E-state index is 0.222. The molecular formula is C26H34N2O4. The van der Waals surface area contributed by atoms with Crippen LogP contribution in [-0.2, 0) is 24.1 Å². The first-order chi connectivity index (χ1) is 15.6. The summed E-state index contributed by atoms with van der Waals surface area (Å²) in [6, 6.07) is 10.5. The van der Waals surface area contributed by atoms with Crippen molar-refractivity contribution >= 4 is 5.91 Å². The molecule has 6 heteroatoms. The van der Waals surface area contributed by atoms with Gasteiger partial charge in [0.25, 0.3) is 0 Å². The quantitative estimate of drug-likeness (QED) is 0.609. The van der Waals surface area contributed by atoms with Crippen LogP contribution in [0.1, 0.15) is 41.5 Å². The molecule has 0 radical (unpaired) electrons. The molecule has 1 aliphatic carbocycles. The van der Waals surface area contributed by atoms with Gasteiger partial charge in [0.15, 0.2) is 11.5 Å². The van der Waals surface area contributed by atoms with Gasteiger partial charge in [-0.2, -0.15) is 0 Å². The Morgan fingerprint density at radius 1 is 1.03 bits per heavy atom. The third-order valence-corrected chi connectivity index (χ3v) is 6.60. The number of nitrogens with one attached hydrogen (secondary N) is 1. The number of hydrogen-bond donors (Lipinski definition) is 1. The second-order valence-electron chi connectivity index (χ2n) is 8.51. The Kier molecular flexibility index (Phi) is 7.20. The fourth-order valence-corrected chi connectivity index (χ4v) is 4.77. The van der Waals surface area contributed by atoms with Gasteiger partial charge in [-0.3, -0.25) is 4.79 Å². The van der Waals surface area contributed by atoms with Gasteiger partial charge < -0.3 is 24.4 Å². The number of amides is 1. The predicted molar refractivity (Wildman–Crippen MR) is 125 cm³/mol. The van der Waals surface area contributed by atoms with Crippen LogP contribution in [0.2, 0.25) is 0 Å². The summed E-state index contributed by atoms with van der Waals surface area (Å²) >= 11 is 0. The van der Waals surface area contributed by atoms with Crippen molar-refractivity contribution in [2.24, 2.45) is 0 Å². The van der Waals surface area contributed by atoms with Crippen molar-refractivity contribution in [3.05, 3.63) is 52.6 Å². The van der Waals surface area contributed by atoms with E-state index in [4.69, 9.17) is 14.2 Å². The SMILES string of the molecule is CCOc1ccc2c(c1)CC2CNCCC(=O)N1CCc2cc(OC)c(OC)cc2CC1. The van der Waals surface area contributed by atoms with E-state index in [1.807, 2.05) is 11.8 Å². The van der Waals surface area contributed by atoms with Gasteiger partial charge >= 0.3 is 0 Å². The summed E-state index contributed by atoms with van der Waals surface area (Å²) in [6.07, 6.45) is 3.30. The van der Waals surface area contributed by atoms with E-state index >= 15 is 0 Å². The third-order valence-electron chi connectivity index (χ3n) is 6.60. The number of carbonyl (C=O) groups is 1. The van der Waals surface area contributed by atoms with E-state index in [1.54, 1.807) is 14.2 Å². The highest BCUT2D eigenvalue weighted by Gasteiger charge is 2.26. The Bertz CT molecular complexity index is 924. The average molecular weight is 439 g/mol. The van der Waals surface area contributed by atoms with Gasteiger partial charge in [0.2, 0.25) is 5.91 Å². The van der Waals surface area contributed by atoms with E-state index in [-0.39, 0.29) is 5.91 Å². The molecule has 1 atom stereocenters. The van der Waals surface area contributed by atoms with Gasteiger partial charge in [-0.05, 0) is 72.7 Å². The Morgan fingerprint density at radius 2 is 1.72 bits per heavy atom. The summed E-state index contributed by atoms with van der Waals surface area (Å²) in [5, 5.41) is 3.49. The average Bonchev–Trinajstić information content (AvgIpc) is 3.00. The number of fused-ring (bicyclic) bond motifs is 2. The van der Waals surface area contributed by atoms with Gasteiger partial charge in [-0.15, -0.1) is 0 Å². The predicted octanol–water partition coefficient (Wildman–Crippen LogP) is 3.35. The second-order valence-corrected chi connectivity index (χ2v) is 8.51. The lowest BCUT2D eigenvalue weighted by Crippen LogP contribution is -2.36. The molecule has 2 aliphatic rings. The molecule has 0 bridgehead atoms. The van der Waals surface area contributed by atoms with Gasteiger partial charge in [0.05, 0.1) is 20.8 Å². The normalized spacial score (nSPS) is 17.0. The zero-order valence-corrected chi connectivity index (χ0v) is 19.4. The summed E-state index contributed by atoms with van der Waals surface area (Å²) in [5.74, 6) is 3.22. The van der Waals surface area contributed by atoms with Crippen LogP contribution in [0.15, 0.2) is 30.3 Å². The Hall–Kier alpha value is -2.73. The van der Waals surface area contributed by atoms with E-state index in [1.165, 1.54) is 22.3 Å². The standard InChI is InChI=1S/C26H34N2O4/c1-4-32-22-5-6-23-20(14-22)13-21(23)17-27-10-7-26(29)28-11-8-18-15-24(30-2)25(31-3)16-19(18)9-12-28/h5-6,14-16,21,27H,4,7-13,17H2,1-3H3. The first kappa shape index (κ1) is 22.5. The Balaban J connectivity index is 1.22. The van der Waals surface area contributed by atoms with Crippen molar-refractivity contribution < 1.29 is 19.0 Å². The maximum absolute atomic E-state index is 12.8. The molecule has 6 nitrogen and oxygen atoms in total. The molecule has 172 valence electrons. The van der Waals surface area contributed by atoms with Crippen LogP contribution < -0.4 is 19.5 Å². The van der Waals surface area contributed by atoms with Crippen LogP contribution in [0.5, 0.6) is 17.2 Å². The first-order valence-corrected chi connectivity index (χ1v) is 11.6. The van der Waals surface area contributed by atoms with Crippen molar-refractivity contribution in [2.45, 2.75) is 38.5 Å². The van der Waals surface area contributed by atoms with Crippen LogP contribution >= 0.6 is 0 Å². The lowest BCUT2D eigenvalue weighted by Gasteiger charge is -2.31. The summed E-state index contributed by atoms with van der Waals surface area (Å²) in [6.45, 7) is 5.83. The number of rotatable bonds is 9. The molecule has 2 aromatic rings. The largest absolute Gasteiger partial charge is 0.494 e. The van der Waals surface area contributed by atoms with Crippen molar-refractivity contribution in [3.63, 3.8) is 0 Å². The first-order valence-electron chi connectivity index (χ1n) is 11.6. The maximum atomic E-state index is 12.8. The van der Waals surface area contributed by atoms with Crippen LogP contribution in [0.25, 0.3) is 0 Å². The van der Waals surface area contributed by atoms with Crippen LogP contribution in [0.4, 0.5) is 0 Å². The number of methoxy groups -OCH3 is 2. The molecule has 0 saturated heterocycles. The van der Waals surface area contributed by atoms with Crippen LogP contribution in [-0.4, -0.2) is 57.8 Å². The fraction of sp³-hybridized carbons (Fsp3) is 0.500. The molecular weight excluding hydrogens is 404 g/mol. The minimum atomic E-state index is 0.222. The molecule has 0 aromatic heterocycles. The third kappa shape index (κ3) is 4.85. The van der Waals surface area contributed by atoms with E-state index in [0.717, 1.165) is 56.1 Å². The smallest absolute Gasteiger partial charge is 0.223 e. The highest BCUT2D eigenvalue weighted by molar-refractivity contribution is 5.76. The van der Waals surface area contributed by atoms with Crippen molar-refractivity contribution in [2.75, 3.05) is 47.0 Å². The number of benzene rings is 2. The molecule has 4 rings (SSSR count). The zero-order chi connectivity index (χ0) is 22.5. The number of nitrogens with zero attached hydrogens (tertiary/aromatic N) is 1. The summed E-state index contributed by atoms with van der Waals surface area (Å²) in [4.78, 5) is 14.8. The molecule has 0 saturated carbocycles. The lowest BCUT2D eigenvalue weighted by molar-refractivity contribution is -0.131. The monoisotopic (exact) mass is 438 g/mol. The van der Waals surface area contributed by atoms with Gasteiger partial charge in [-0.25, -0.2) is 0 Å². The lowest BCUT2D eigenvalue weighted by atomic mass is 9.77. The van der Waals surface area contributed by atoms with Gasteiger partial charge in [0, 0.05) is 38.5 Å². The molecule has 2 aromatic carbocycles. The van der Waals surface area contributed by atoms with Crippen molar-refractivity contribution in [3.8, 4) is 17.2 Å². The molecule has 1 amide bonds. The molecule has 0 fully saturated rings. The molecule has 32 heavy (non-hydrogen) atoms. The van der Waals surface area contributed by atoms with Crippen LogP contribution in [0.3, 0.4) is 0 Å². The minimum Gasteiger partial charge on any atom is -0.494 e.